The van der Waals surface area contributed by atoms with Gasteiger partial charge in [-0.1, -0.05) is 6.07 Å². The highest BCUT2D eigenvalue weighted by Crippen LogP contribution is 2.32. The SMILES string of the molecule is CNC(c1cc(C)c(C)s1)c1c(F)cccc1F. The zero-order valence-electron chi connectivity index (χ0n) is 10.6. The van der Waals surface area contributed by atoms with Crippen molar-refractivity contribution in [2.45, 2.75) is 19.9 Å². The first-order chi connectivity index (χ1) is 8.54. The molecule has 1 N–H and O–H groups in total. The van der Waals surface area contributed by atoms with Crippen molar-refractivity contribution in [2.24, 2.45) is 0 Å². The molecule has 0 aliphatic heterocycles. The van der Waals surface area contributed by atoms with Crippen LogP contribution in [0.4, 0.5) is 8.78 Å². The molecule has 0 aliphatic carbocycles. The fourth-order valence-corrected chi connectivity index (χ4v) is 3.12. The van der Waals surface area contributed by atoms with Crippen LogP contribution >= 0.6 is 11.3 Å². The Labute approximate surface area is 109 Å². The van der Waals surface area contributed by atoms with Gasteiger partial charge in [0, 0.05) is 15.3 Å². The zero-order valence-corrected chi connectivity index (χ0v) is 11.4. The van der Waals surface area contributed by atoms with Crippen LogP contribution in [0.15, 0.2) is 24.3 Å². The maximum absolute atomic E-state index is 13.8. The average molecular weight is 267 g/mol. The number of nitrogens with one attached hydrogen (secondary N) is 1. The Morgan fingerprint density at radius 2 is 1.78 bits per heavy atom. The Balaban J connectivity index is 2.52. The molecule has 96 valence electrons. The van der Waals surface area contributed by atoms with E-state index in [1.54, 1.807) is 18.4 Å². The predicted molar refractivity (Wildman–Crippen MR) is 71.1 cm³/mol. The number of hydrogen-bond acceptors (Lipinski definition) is 2. The lowest BCUT2D eigenvalue weighted by molar-refractivity contribution is 0.524. The van der Waals surface area contributed by atoms with E-state index in [0.29, 0.717) is 0 Å². The average Bonchev–Trinajstić information content (AvgIpc) is 2.64. The molecule has 0 spiro atoms. The van der Waals surface area contributed by atoms with E-state index < -0.39 is 17.7 Å². The van der Waals surface area contributed by atoms with Gasteiger partial charge in [-0.05, 0) is 44.7 Å². The van der Waals surface area contributed by atoms with Crippen LogP contribution in [0.3, 0.4) is 0 Å². The van der Waals surface area contributed by atoms with Crippen molar-refractivity contribution in [1.29, 1.82) is 0 Å². The second-order valence-corrected chi connectivity index (χ2v) is 5.53. The highest BCUT2D eigenvalue weighted by atomic mass is 32.1. The summed E-state index contributed by atoms with van der Waals surface area (Å²) in [4.78, 5) is 2.10. The van der Waals surface area contributed by atoms with E-state index >= 15 is 0 Å². The van der Waals surface area contributed by atoms with Gasteiger partial charge < -0.3 is 5.32 Å². The van der Waals surface area contributed by atoms with Gasteiger partial charge in [0.1, 0.15) is 11.6 Å². The zero-order chi connectivity index (χ0) is 13.3. The van der Waals surface area contributed by atoms with Crippen molar-refractivity contribution in [3.63, 3.8) is 0 Å². The van der Waals surface area contributed by atoms with Gasteiger partial charge in [-0.2, -0.15) is 0 Å². The lowest BCUT2D eigenvalue weighted by Crippen LogP contribution is -2.19. The van der Waals surface area contributed by atoms with E-state index in [-0.39, 0.29) is 5.56 Å². The summed E-state index contributed by atoms with van der Waals surface area (Å²) in [6, 6.07) is 5.49. The minimum Gasteiger partial charge on any atom is -0.308 e. The summed E-state index contributed by atoms with van der Waals surface area (Å²) in [5.74, 6) is -1.03. The first-order valence-corrected chi connectivity index (χ1v) is 6.54. The molecule has 1 nitrogen and oxygen atoms in total. The topological polar surface area (TPSA) is 12.0 Å². The minimum atomic E-state index is -0.516. The molecule has 1 heterocycles. The highest BCUT2D eigenvalue weighted by molar-refractivity contribution is 7.12. The number of rotatable bonds is 3. The number of benzene rings is 1. The summed E-state index contributed by atoms with van der Waals surface area (Å²) in [7, 11) is 1.71. The van der Waals surface area contributed by atoms with E-state index in [9.17, 15) is 8.78 Å². The maximum atomic E-state index is 13.8. The molecule has 0 aliphatic rings. The standard InChI is InChI=1S/C14H15F2NS/c1-8-7-12(18-9(8)2)14(17-3)13-10(15)5-4-6-11(13)16/h4-7,14,17H,1-3H3. The molecule has 0 fully saturated rings. The van der Waals surface area contributed by atoms with Crippen LogP contribution in [0.1, 0.15) is 26.9 Å². The highest BCUT2D eigenvalue weighted by Gasteiger charge is 2.22. The molecular weight excluding hydrogens is 252 g/mol. The Bertz CT molecular complexity index is 523. The second-order valence-electron chi connectivity index (χ2n) is 4.24. The van der Waals surface area contributed by atoms with Crippen LogP contribution in [-0.4, -0.2) is 7.05 Å². The lowest BCUT2D eigenvalue weighted by atomic mass is 10.0. The number of aryl methyl sites for hydroxylation is 2. The van der Waals surface area contributed by atoms with E-state index in [1.165, 1.54) is 23.1 Å². The molecular formula is C14H15F2NS. The van der Waals surface area contributed by atoms with Gasteiger partial charge in [0.05, 0.1) is 6.04 Å². The molecule has 2 rings (SSSR count). The van der Waals surface area contributed by atoms with Crippen LogP contribution in [0.25, 0.3) is 0 Å². The van der Waals surface area contributed by atoms with E-state index in [0.717, 1.165) is 10.4 Å². The van der Waals surface area contributed by atoms with Gasteiger partial charge in [-0.3, -0.25) is 0 Å². The van der Waals surface area contributed by atoms with Crippen molar-refractivity contribution < 1.29 is 8.78 Å². The summed E-state index contributed by atoms with van der Waals surface area (Å²) in [5.41, 5.74) is 1.23. The number of hydrogen-bond donors (Lipinski definition) is 1. The van der Waals surface area contributed by atoms with Crippen LogP contribution in [0.2, 0.25) is 0 Å². The van der Waals surface area contributed by atoms with Crippen molar-refractivity contribution in [2.75, 3.05) is 7.05 Å². The number of thiophene rings is 1. The minimum absolute atomic E-state index is 0.0845. The third-order valence-electron chi connectivity index (χ3n) is 3.05. The molecule has 1 atom stereocenters. The Hall–Kier alpha value is -1.26. The normalized spacial score (nSPS) is 12.7. The molecule has 1 unspecified atom stereocenters. The van der Waals surface area contributed by atoms with E-state index in [4.69, 9.17) is 0 Å². The van der Waals surface area contributed by atoms with Gasteiger partial charge in [0.25, 0.3) is 0 Å². The first kappa shape index (κ1) is 13.2. The first-order valence-electron chi connectivity index (χ1n) is 5.72. The molecule has 1 aromatic carbocycles. The summed E-state index contributed by atoms with van der Waals surface area (Å²) in [5, 5.41) is 2.99. The summed E-state index contributed by atoms with van der Waals surface area (Å²) < 4.78 is 27.6. The molecule has 18 heavy (non-hydrogen) atoms. The van der Waals surface area contributed by atoms with Gasteiger partial charge >= 0.3 is 0 Å². The predicted octanol–water partition coefficient (Wildman–Crippen LogP) is 3.95. The summed E-state index contributed by atoms with van der Waals surface area (Å²) in [6.07, 6.45) is 0. The van der Waals surface area contributed by atoms with Gasteiger partial charge in [-0.15, -0.1) is 11.3 Å². The number of halogens is 2. The van der Waals surface area contributed by atoms with Crippen LogP contribution in [0.5, 0.6) is 0 Å². The largest absolute Gasteiger partial charge is 0.308 e. The van der Waals surface area contributed by atoms with Crippen molar-refractivity contribution in [1.82, 2.24) is 5.32 Å². The van der Waals surface area contributed by atoms with Gasteiger partial charge in [0.2, 0.25) is 0 Å². The van der Waals surface area contributed by atoms with Crippen LogP contribution in [-0.2, 0) is 0 Å². The van der Waals surface area contributed by atoms with Crippen LogP contribution in [0, 0.1) is 25.5 Å². The van der Waals surface area contributed by atoms with Gasteiger partial charge in [0.15, 0.2) is 0 Å². The smallest absolute Gasteiger partial charge is 0.131 e. The lowest BCUT2D eigenvalue weighted by Gasteiger charge is -2.16. The monoisotopic (exact) mass is 267 g/mol. The fraction of sp³-hybridized carbons (Fsp3) is 0.286. The Kier molecular flexibility index (Phi) is 3.78. The molecule has 1 aromatic heterocycles. The summed E-state index contributed by atoms with van der Waals surface area (Å²) in [6.45, 7) is 4.01. The third kappa shape index (κ3) is 2.31. The van der Waals surface area contributed by atoms with Gasteiger partial charge in [-0.25, -0.2) is 8.78 Å². The van der Waals surface area contributed by atoms with Crippen molar-refractivity contribution in [3.05, 3.63) is 56.8 Å². The molecule has 0 amide bonds. The molecule has 0 saturated carbocycles. The molecule has 2 aromatic rings. The Morgan fingerprint density at radius 1 is 1.17 bits per heavy atom. The molecule has 0 radical (unpaired) electrons. The van der Waals surface area contributed by atoms with Crippen molar-refractivity contribution >= 4 is 11.3 Å². The molecule has 0 bridgehead atoms. The summed E-state index contributed by atoms with van der Waals surface area (Å²) >= 11 is 1.56. The maximum Gasteiger partial charge on any atom is 0.131 e. The Morgan fingerprint density at radius 3 is 2.22 bits per heavy atom. The van der Waals surface area contributed by atoms with E-state index in [2.05, 4.69) is 5.32 Å². The second kappa shape index (κ2) is 5.16. The molecule has 0 saturated heterocycles. The quantitative estimate of drug-likeness (QED) is 0.887. The fourth-order valence-electron chi connectivity index (χ4n) is 1.96. The van der Waals surface area contributed by atoms with Crippen molar-refractivity contribution in [3.8, 4) is 0 Å². The van der Waals surface area contributed by atoms with E-state index in [1.807, 2.05) is 19.9 Å². The molecule has 4 heteroatoms. The van der Waals surface area contributed by atoms with Crippen LogP contribution < -0.4 is 5.32 Å². The third-order valence-corrected chi connectivity index (χ3v) is 4.26.